The third-order valence-electron chi connectivity index (χ3n) is 7.35. The molecule has 5 amide bonds. The lowest BCUT2D eigenvalue weighted by molar-refractivity contribution is -0.132. The number of urea groups is 1. The predicted octanol–water partition coefficient (Wildman–Crippen LogP) is 2.32. The minimum atomic E-state index is -0.451. The number of piperidine rings is 2. The number of nitrogens with one attached hydrogen (secondary N) is 1. The third kappa shape index (κ3) is 6.60. The number of rotatable bonds is 7. The van der Waals surface area contributed by atoms with E-state index in [2.05, 4.69) is 17.3 Å². The van der Waals surface area contributed by atoms with Crippen LogP contribution in [0.15, 0.2) is 24.3 Å². The molecule has 9 heteroatoms. The summed E-state index contributed by atoms with van der Waals surface area (Å²) in [6.45, 7) is 5.24. The normalized spacial score (nSPS) is 19.8. The molecule has 0 atom stereocenters. The van der Waals surface area contributed by atoms with Crippen LogP contribution in [0.3, 0.4) is 0 Å². The number of hydrogen-bond acceptors (Lipinski definition) is 5. The van der Waals surface area contributed by atoms with E-state index in [9.17, 15) is 19.2 Å². The van der Waals surface area contributed by atoms with Gasteiger partial charge in [0.25, 0.3) is 5.91 Å². The van der Waals surface area contributed by atoms with E-state index in [1.54, 1.807) is 24.3 Å². The Bertz CT molecular complexity index is 937. The molecule has 3 aliphatic rings. The first kappa shape index (κ1) is 25.2. The molecule has 1 aromatic carbocycles. The van der Waals surface area contributed by atoms with Crippen molar-refractivity contribution >= 4 is 29.4 Å². The number of carbonyl (C=O) groups is 4. The number of benzene rings is 1. The van der Waals surface area contributed by atoms with Crippen LogP contribution in [-0.2, 0) is 9.59 Å². The number of anilines is 1. The lowest BCUT2D eigenvalue weighted by Gasteiger charge is -2.34. The van der Waals surface area contributed by atoms with Crippen molar-refractivity contribution in [1.29, 1.82) is 0 Å². The molecule has 0 aromatic heterocycles. The van der Waals surface area contributed by atoms with Gasteiger partial charge in [-0.2, -0.15) is 0 Å². The van der Waals surface area contributed by atoms with Crippen LogP contribution in [0.4, 0.5) is 10.5 Å². The van der Waals surface area contributed by atoms with Gasteiger partial charge in [-0.05, 0) is 63.3 Å². The van der Waals surface area contributed by atoms with E-state index >= 15 is 0 Å². The summed E-state index contributed by atoms with van der Waals surface area (Å²) >= 11 is 0. The van der Waals surface area contributed by atoms with Gasteiger partial charge >= 0.3 is 6.03 Å². The van der Waals surface area contributed by atoms with E-state index < -0.39 is 6.03 Å². The second-order valence-corrected chi connectivity index (χ2v) is 9.99. The first-order valence-electron chi connectivity index (χ1n) is 12.9. The van der Waals surface area contributed by atoms with Crippen molar-refractivity contribution < 1.29 is 19.2 Å². The number of likely N-dealkylation sites (tertiary alicyclic amines) is 2. The molecular weight excluding hydrogens is 446 g/mol. The average Bonchev–Trinajstić information content (AvgIpc) is 2.88. The number of hydrogen-bond donors (Lipinski definition) is 1. The van der Waals surface area contributed by atoms with Crippen LogP contribution in [0.5, 0.6) is 0 Å². The molecule has 0 unspecified atom stereocenters. The van der Waals surface area contributed by atoms with Crippen molar-refractivity contribution in [2.45, 2.75) is 44.9 Å². The van der Waals surface area contributed by atoms with Gasteiger partial charge in [0.2, 0.25) is 11.8 Å². The molecule has 1 N–H and O–H groups in total. The molecule has 4 rings (SSSR count). The fourth-order valence-electron chi connectivity index (χ4n) is 5.24. The van der Waals surface area contributed by atoms with Crippen LogP contribution in [0.1, 0.15) is 55.3 Å². The quantitative estimate of drug-likeness (QED) is 0.643. The van der Waals surface area contributed by atoms with E-state index in [4.69, 9.17) is 0 Å². The Labute approximate surface area is 207 Å². The van der Waals surface area contributed by atoms with Gasteiger partial charge in [-0.3, -0.25) is 24.6 Å². The second kappa shape index (κ2) is 11.7. The number of nitrogens with zero attached hydrogens (tertiary/aromatic N) is 4. The molecular formula is C26H37N5O4. The first-order chi connectivity index (χ1) is 16.9. The van der Waals surface area contributed by atoms with Crippen molar-refractivity contribution in [3.63, 3.8) is 0 Å². The third-order valence-corrected chi connectivity index (χ3v) is 7.35. The molecule has 0 spiro atoms. The largest absolute Gasteiger partial charge is 0.343 e. The van der Waals surface area contributed by atoms with Crippen LogP contribution >= 0.6 is 0 Å². The fourth-order valence-corrected chi connectivity index (χ4v) is 5.24. The van der Waals surface area contributed by atoms with E-state index in [1.807, 2.05) is 9.80 Å². The topological polar surface area (TPSA) is 93.3 Å². The Morgan fingerprint density at radius 3 is 2.46 bits per heavy atom. The predicted molar refractivity (Wildman–Crippen MR) is 133 cm³/mol. The highest BCUT2D eigenvalue weighted by molar-refractivity contribution is 6.06. The molecule has 0 radical (unpaired) electrons. The second-order valence-electron chi connectivity index (χ2n) is 9.99. The molecule has 0 aliphatic carbocycles. The van der Waals surface area contributed by atoms with Gasteiger partial charge in [-0.1, -0.05) is 6.07 Å². The summed E-state index contributed by atoms with van der Waals surface area (Å²) in [6, 6.07) is 6.62. The van der Waals surface area contributed by atoms with Crippen LogP contribution in [0, 0.1) is 5.92 Å². The molecule has 0 bridgehead atoms. The minimum absolute atomic E-state index is 0.0284. The Kier molecular flexibility index (Phi) is 8.38. The van der Waals surface area contributed by atoms with Crippen molar-refractivity contribution in [2.24, 2.45) is 5.92 Å². The van der Waals surface area contributed by atoms with Crippen molar-refractivity contribution in [1.82, 2.24) is 20.0 Å². The highest BCUT2D eigenvalue weighted by atomic mass is 16.2. The summed E-state index contributed by atoms with van der Waals surface area (Å²) in [5.74, 6) is 0.475. The zero-order valence-electron chi connectivity index (χ0n) is 20.7. The molecule has 190 valence electrons. The van der Waals surface area contributed by atoms with Crippen LogP contribution in [0.25, 0.3) is 0 Å². The monoisotopic (exact) mass is 483 g/mol. The summed E-state index contributed by atoms with van der Waals surface area (Å²) in [4.78, 5) is 56.8. The standard InChI is InChI=1S/C26H37N5O4/c1-28(14-11-24(33)29-12-3-2-4-13-29)19-20-8-15-30(16-9-20)25(34)21-6-5-7-22(18-21)31-17-10-23(32)27-26(31)35/h5-7,18,20H,2-4,8-17,19H2,1H3,(H,27,32,35). The minimum Gasteiger partial charge on any atom is -0.343 e. The molecule has 35 heavy (non-hydrogen) atoms. The maximum Gasteiger partial charge on any atom is 0.328 e. The number of carbonyl (C=O) groups excluding carboxylic acids is 4. The van der Waals surface area contributed by atoms with Crippen molar-refractivity contribution in [3.8, 4) is 0 Å². The maximum absolute atomic E-state index is 13.1. The summed E-state index contributed by atoms with van der Waals surface area (Å²) in [5.41, 5.74) is 1.18. The smallest absolute Gasteiger partial charge is 0.328 e. The van der Waals surface area contributed by atoms with Gasteiger partial charge in [0.15, 0.2) is 0 Å². The maximum atomic E-state index is 13.1. The lowest BCUT2D eigenvalue weighted by atomic mass is 9.95. The van der Waals surface area contributed by atoms with Gasteiger partial charge in [0, 0.05) is 69.9 Å². The molecule has 0 saturated carbocycles. The summed E-state index contributed by atoms with van der Waals surface area (Å²) in [6.07, 6.45) is 6.17. The molecule has 3 heterocycles. The van der Waals surface area contributed by atoms with Crippen molar-refractivity contribution in [3.05, 3.63) is 29.8 Å². The highest BCUT2D eigenvalue weighted by Crippen LogP contribution is 2.23. The zero-order chi connectivity index (χ0) is 24.8. The summed E-state index contributed by atoms with van der Waals surface area (Å²) in [7, 11) is 2.08. The first-order valence-corrected chi connectivity index (χ1v) is 12.9. The average molecular weight is 484 g/mol. The SMILES string of the molecule is CN(CCC(=O)N1CCCCC1)CC1CCN(C(=O)c2cccc(N3CCC(=O)NC3=O)c2)CC1. The molecule has 3 saturated heterocycles. The molecule has 3 fully saturated rings. The Hall–Kier alpha value is -2.94. The molecule has 9 nitrogen and oxygen atoms in total. The lowest BCUT2D eigenvalue weighted by Crippen LogP contribution is -2.49. The fraction of sp³-hybridized carbons (Fsp3) is 0.615. The van der Waals surface area contributed by atoms with E-state index in [0.717, 1.165) is 51.9 Å². The molecule has 3 aliphatic heterocycles. The van der Waals surface area contributed by atoms with Gasteiger partial charge in [-0.25, -0.2) is 4.79 Å². The van der Waals surface area contributed by atoms with Gasteiger partial charge in [0.05, 0.1) is 0 Å². The Morgan fingerprint density at radius 2 is 1.74 bits per heavy atom. The van der Waals surface area contributed by atoms with Crippen LogP contribution in [-0.4, -0.2) is 91.3 Å². The summed E-state index contributed by atoms with van der Waals surface area (Å²) in [5, 5.41) is 2.32. The molecule has 1 aromatic rings. The van der Waals surface area contributed by atoms with Gasteiger partial charge < -0.3 is 14.7 Å². The van der Waals surface area contributed by atoms with E-state index in [-0.39, 0.29) is 24.1 Å². The Morgan fingerprint density at radius 1 is 1.00 bits per heavy atom. The van der Waals surface area contributed by atoms with E-state index in [0.29, 0.717) is 43.2 Å². The van der Waals surface area contributed by atoms with Gasteiger partial charge in [0.1, 0.15) is 0 Å². The Balaban J connectivity index is 1.22. The number of amides is 5. The highest BCUT2D eigenvalue weighted by Gasteiger charge is 2.27. The van der Waals surface area contributed by atoms with Gasteiger partial charge in [-0.15, -0.1) is 0 Å². The number of imide groups is 1. The van der Waals surface area contributed by atoms with Crippen molar-refractivity contribution in [2.75, 3.05) is 57.8 Å². The van der Waals surface area contributed by atoms with Crippen LogP contribution < -0.4 is 10.2 Å². The van der Waals surface area contributed by atoms with Crippen LogP contribution in [0.2, 0.25) is 0 Å². The zero-order valence-corrected chi connectivity index (χ0v) is 20.7. The summed E-state index contributed by atoms with van der Waals surface area (Å²) < 4.78 is 0. The van der Waals surface area contributed by atoms with E-state index in [1.165, 1.54) is 11.3 Å².